The molecule has 0 saturated heterocycles. The van der Waals surface area contributed by atoms with Crippen LogP contribution in [0.2, 0.25) is 0 Å². The zero-order valence-electron chi connectivity index (χ0n) is 9.45. The highest BCUT2D eigenvalue weighted by Crippen LogP contribution is 2.01. The topological polar surface area (TPSA) is 54.0 Å². The van der Waals surface area contributed by atoms with E-state index in [2.05, 4.69) is 4.89 Å². The molecule has 0 aromatic rings. The number of carbonyl (C=O) groups is 1. The summed E-state index contributed by atoms with van der Waals surface area (Å²) in [5.41, 5.74) is 0.298. The van der Waals surface area contributed by atoms with Crippen molar-refractivity contribution >= 4 is 5.97 Å². The zero-order valence-corrected chi connectivity index (χ0v) is 9.45. The van der Waals surface area contributed by atoms with Crippen LogP contribution in [-0.4, -0.2) is 32.4 Å². The van der Waals surface area contributed by atoms with Crippen molar-refractivity contribution in [1.82, 2.24) is 0 Å². The predicted molar refractivity (Wildman–Crippen MR) is 53.9 cm³/mol. The summed E-state index contributed by atoms with van der Waals surface area (Å²) in [6.45, 7) is 6.59. The van der Waals surface area contributed by atoms with Crippen molar-refractivity contribution in [2.24, 2.45) is 0 Å². The molecule has 15 heavy (non-hydrogen) atoms. The maximum absolute atomic E-state index is 11.3. The van der Waals surface area contributed by atoms with E-state index in [-0.39, 0.29) is 6.61 Å². The van der Waals surface area contributed by atoms with Gasteiger partial charge >= 0.3 is 5.97 Å². The minimum atomic E-state index is -0.453. The number of ether oxygens (including phenoxy) is 2. The van der Waals surface area contributed by atoms with Crippen LogP contribution in [0, 0.1) is 0 Å². The maximum Gasteiger partial charge on any atom is 0.339 e. The van der Waals surface area contributed by atoms with Crippen LogP contribution in [0.1, 0.15) is 20.8 Å². The van der Waals surface area contributed by atoms with Gasteiger partial charge in [0.05, 0.1) is 26.1 Å². The number of esters is 1. The number of hydrogen-bond acceptors (Lipinski definition) is 5. The lowest BCUT2D eigenvalue weighted by atomic mass is 10.3. The standard InChI is InChI=1S/C10H18O5/c1-4-12-7-9(8-15-14-6-3)10(11)13-5-2/h7H,4-6,8H2,1-3H3/b9-7-. The summed E-state index contributed by atoms with van der Waals surface area (Å²) in [5.74, 6) is -0.453. The summed E-state index contributed by atoms with van der Waals surface area (Å²) in [7, 11) is 0. The van der Waals surface area contributed by atoms with Gasteiger partial charge in [-0.2, -0.15) is 0 Å². The molecule has 0 heterocycles. The van der Waals surface area contributed by atoms with Gasteiger partial charge in [0.2, 0.25) is 0 Å². The first-order valence-corrected chi connectivity index (χ1v) is 4.98. The molecule has 0 N–H and O–H groups in total. The number of hydrogen-bond donors (Lipinski definition) is 0. The summed E-state index contributed by atoms with van der Waals surface area (Å²) in [6, 6.07) is 0. The monoisotopic (exact) mass is 218 g/mol. The van der Waals surface area contributed by atoms with Gasteiger partial charge in [0, 0.05) is 0 Å². The third-order valence-electron chi connectivity index (χ3n) is 1.35. The molecular formula is C10H18O5. The van der Waals surface area contributed by atoms with E-state index in [1.54, 1.807) is 13.8 Å². The van der Waals surface area contributed by atoms with E-state index >= 15 is 0 Å². The number of carbonyl (C=O) groups excluding carboxylic acids is 1. The van der Waals surface area contributed by atoms with Crippen LogP contribution in [0.15, 0.2) is 11.8 Å². The third kappa shape index (κ3) is 6.93. The summed E-state index contributed by atoms with van der Waals surface area (Å²) in [4.78, 5) is 20.8. The van der Waals surface area contributed by atoms with Crippen molar-refractivity contribution < 1.29 is 24.0 Å². The van der Waals surface area contributed by atoms with Crippen molar-refractivity contribution in [3.05, 3.63) is 11.8 Å². The predicted octanol–water partition coefficient (Wildman–Crippen LogP) is 1.44. The second-order valence-electron chi connectivity index (χ2n) is 2.49. The van der Waals surface area contributed by atoms with Crippen molar-refractivity contribution in [2.75, 3.05) is 26.4 Å². The van der Waals surface area contributed by atoms with Crippen molar-refractivity contribution in [2.45, 2.75) is 20.8 Å². The Morgan fingerprint density at radius 3 is 2.33 bits per heavy atom. The first kappa shape index (κ1) is 13.9. The summed E-state index contributed by atoms with van der Waals surface area (Å²) >= 11 is 0. The van der Waals surface area contributed by atoms with E-state index < -0.39 is 5.97 Å². The molecule has 0 aliphatic rings. The third-order valence-corrected chi connectivity index (χ3v) is 1.35. The Kier molecular flexibility index (Phi) is 8.81. The van der Waals surface area contributed by atoms with Gasteiger partial charge in [0.15, 0.2) is 0 Å². The van der Waals surface area contributed by atoms with Crippen LogP contribution in [0.5, 0.6) is 0 Å². The fraction of sp³-hybridized carbons (Fsp3) is 0.700. The largest absolute Gasteiger partial charge is 0.501 e. The molecule has 0 aromatic heterocycles. The van der Waals surface area contributed by atoms with E-state index in [9.17, 15) is 4.79 Å². The molecule has 0 spiro atoms. The zero-order chi connectivity index (χ0) is 11.5. The fourth-order valence-corrected chi connectivity index (χ4v) is 0.737. The molecule has 0 unspecified atom stereocenters. The van der Waals surface area contributed by atoms with Crippen molar-refractivity contribution in [3.63, 3.8) is 0 Å². The number of rotatable bonds is 8. The van der Waals surface area contributed by atoms with E-state index in [4.69, 9.17) is 14.4 Å². The van der Waals surface area contributed by atoms with Gasteiger partial charge in [-0.25, -0.2) is 14.6 Å². The van der Waals surface area contributed by atoms with Crippen LogP contribution in [0.25, 0.3) is 0 Å². The van der Waals surface area contributed by atoms with Gasteiger partial charge in [-0.1, -0.05) is 0 Å². The van der Waals surface area contributed by atoms with Crippen molar-refractivity contribution in [1.29, 1.82) is 0 Å². The van der Waals surface area contributed by atoms with Crippen LogP contribution < -0.4 is 0 Å². The van der Waals surface area contributed by atoms with E-state index in [0.29, 0.717) is 25.4 Å². The van der Waals surface area contributed by atoms with Crippen molar-refractivity contribution in [3.8, 4) is 0 Å². The fourth-order valence-electron chi connectivity index (χ4n) is 0.737. The molecule has 0 aromatic carbocycles. The highest BCUT2D eigenvalue weighted by atomic mass is 17.2. The molecule has 0 radical (unpaired) electrons. The Hall–Kier alpha value is -1.07. The molecule has 0 fully saturated rings. The Balaban J connectivity index is 4.11. The second kappa shape index (κ2) is 9.48. The van der Waals surface area contributed by atoms with E-state index in [1.807, 2.05) is 6.92 Å². The minimum absolute atomic E-state index is 0.0205. The van der Waals surface area contributed by atoms with Crippen LogP contribution in [0.3, 0.4) is 0 Å². The molecule has 5 nitrogen and oxygen atoms in total. The van der Waals surface area contributed by atoms with Gasteiger partial charge in [0.1, 0.15) is 12.2 Å². The van der Waals surface area contributed by atoms with E-state index in [0.717, 1.165) is 0 Å². The Morgan fingerprint density at radius 1 is 1.07 bits per heavy atom. The SMILES string of the molecule is CCO/C=C(/COOCC)C(=O)OCC. The van der Waals surface area contributed by atoms with Gasteiger partial charge in [-0.05, 0) is 20.8 Å². The lowest BCUT2D eigenvalue weighted by molar-refractivity contribution is -0.284. The Morgan fingerprint density at radius 2 is 1.80 bits per heavy atom. The summed E-state index contributed by atoms with van der Waals surface area (Å²) < 4.78 is 9.80. The second-order valence-corrected chi connectivity index (χ2v) is 2.49. The summed E-state index contributed by atoms with van der Waals surface area (Å²) in [5, 5.41) is 0. The summed E-state index contributed by atoms with van der Waals surface area (Å²) in [6.07, 6.45) is 1.33. The lowest BCUT2D eigenvalue weighted by Crippen LogP contribution is -2.13. The highest BCUT2D eigenvalue weighted by Gasteiger charge is 2.11. The lowest BCUT2D eigenvalue weighted by Gasteiger charge is -2.06. The minimum Gasteiger partial charge on any atom is -0.501 e. The van der Waals surface area contributed by atoms with Crippen LogP contribution >= 0.6 is 0 Å². The molecule has 5 heteroatoms. The first-order chi connectivity index (χ1) is 7.26. The Bertz CT molecular complexity index is 200. The van der Waals surface area contributed by atoms with Crippen LogP contribution in [-0.2, 0) is 24.0 Å². The van der Waals surface area contributed by atoms with Gasteiger partial charge in [-0.3, -0.25) is 0 Å². The smallest absolute Gasteiger partial charge is 0.339 e. The van der Waals surface area contributed by atoms with Gasteiger partial charge in [0.25, 0.3) is 0 Å². The maximum atomic E-state index is 11.3. The van der Waals surface area contributed by atoms with Gasteiger partial charge < -0.3 is 9.47 Å². The normalized spacial score (nSPS) is 11.3. The molecule has 0 rings (SSSR count). The molecule has 88 valence electrons. The van der Waals surface area contributed by atoms with E-state index in [1.165, 1.54) is 6.26 Å². The molecule has 0 aliphatic carbocycles. The highest BCUT2D eigenvalue weighted by molar-refractivity contribution is 5.88. The molecule has 0 amide bonds. The average Bonchev–Trinajstić information content (AvgIpc) is 2.23. The molecule has 0 saturated carbocycles. The molecule has 0 atom stereocenters. The van der Waals surface area contributed by atoms with Gasteiger partial charge in [-0.15, -0.1) is 0 Å². The Labute approximate surface area is 89.9 Å². The molecule has 0 aliphatic heterocycles. The average molecular weight is 218 g/mol. The molecule has 0 bridgehead atoms. The quantitative estimate of drug-likeness (QED) is 0.154. The van der Waals surface area contributed by atoms with Crippen LogP contribution in [0.4, 0.5) is 0 Å². The molecular weight excluding hydrogens is 200 g/mol. The first-order valence-electron chi connectivity index (χ1n) is 4.98.